The zero-order valence-corrected chi connectivity index (χ0v) is 12.4. The van der Waals surface area contributed by atoms with Gasteiger partial charge in [0.05, 0.1) is 0 Å². The van der Waals surface area contributed by atoms with Gasteiger partial charge in [-0.1, -0.05) is 32.1 Å². The molecule has 0 aromatic carbocycles. The van der Waals surface area contributed by atoms with E-state index in [9.17, 15) is 14.7 Å². The first-order valence-corrected chi connectivity index (χ1v) is 7.61. The van der Waals surface area contributed by atoms with E-state index in [-0.39, 0.29) is 11.8 Å². The maximum Gasteiger partial charge on any atom is 0.326 e. The van der Waals surface area contributed by atoms with Gasteiger partial charge in [-0.2, -0.15) is 5.10 Å². The van der Waals surface area contributed by atoms with Gasteiger partial charge in [-0.25, -0.2) is 4.79 Å². The largest absolute Gasteiger partial charge is 0.480 e. The third-order valence-electron chi connectivity index (χ3n) is 4.23. The minimum Gasteiger partial charge on any atom is -0.480 e. The highest BCUT2D eigenvalue weighted by Gasteiger charge is 2.30. The Morgan fingerprint density at radius 2 is 1.90 bits per heavy atom. The Hall–Kier alpha value is -1.85. The van der Waals surface area contributed by atoms with E-state index in [4.69, 9.17) is 0 Å². The molecule has 1 aromatic rings. The first-order chi connectivity index (χ1) is 10.1. The fraction of sp³-hybridized carbons (Fsp3) is 0.667. The minimum absolute atomic E-state index is 0.0139. The highest BCUT2D eigenvalue weighted by molar-refractivity contribution is 5.95. The summed E-state index contributed by atoms with van der Waals surface area (Å²) in [5.41, 5.74) is 0.382. The lowest BCUT2D eigenvalue weighted by atomic mass is 9.85. The lowest BCUT2D eigenvalue weighted by Crippen LogP contribution is -2.46. The zero-order valence-electron chi connectivity index (χ0n) is 12.4. The maximum absolute atomic E-state index is 12.2. The maximum atomic E-state index is 12.2. The number of carbonyl (C=O) groups excluding carboxylic acids is 1. The molecule has 1 heterocycles. The van der Waals surface area contributed by atoms with Gasteiger partial charge in [-0.15, -0.1) is 0 Å². The molecule has 21 heavy (non-hydrogen) atoms. The van der Waals surface area contributed by atoms with Crippen LogP contribution in [0, 0.1) is 5.92 Å². The van der Waals surface area contributed by atoms with Crippen LogP contribution in [0.5, 0.6) is 0 Å². The third-order valence-corrected chi connectivity index (χ3v) is 4.23. The molecule has 6 nitrogen and oxygen atoms in total. The van der Waals surface area contributed by atoms with E-state index in [0.29, 0.717) is 5.69 Å². The van der Waals surface area contributed by atoms with Crippen LogP contribution in [0.1, 0.15) is 55.4 Å². The van der Waals surface area contributed by atoms with E-state index < -0.39 is 12.0 Å². The van der Waals surface area contributed by atoms with Crippen molar-refractivity contribution in [1.82, 2.24) is 15.1 Å². The van der Waals surface area contributed by atoms with Crippen molar-refractivity contribution < 1.29 is 14.7 Å². The van der Waals surface area contributed by atoms with Crippen molar-refractivity contribution in [3.05, 3.63) is 18.0 Å². The van der Waals surface area contributed by atoms with Gasteiger partial charge in [0.1, 0.15) is 11.7 Å². The Morgan fingerprint density at radius 3 is 2.43 bits per heavy atom. The van der Waals surface area contributed by atoms with Crippen molar-refractivity contribution in [2.45, 2.75) is 51.0 Å². The van der Waals surface area contributed by atoms with Crippen molar-refractivity contribution in [3.8, 4) is 0 Å². The van der Waals surface area contributed by atoms with Crippen molar-refractivity contribution in [1.29, 1.82) is 0 Å². The first-order valence-electron chi connectivity index (χ1n) is 7.61. The minimum atomic E-state index is -0.948. The van der Waals surface area contributed by atoms with E-state index in [1.807, 2.05) is 0 Å². The summed E-state index contributed by atoms with van der Waals surface area (Å²) < 4.78 is 1.45. The topological polar surface area (TPSA) is 84.2 Å². The summed E-state index contributed by atoms with van der Waals surface area (Å²) >= 11 is 0. The average Bonchev–Trinajstić information content (AvgIpc) is 2.82. The lowest BCUT2D eigenvalue weighted by molar-refractivity contribution is -0.141. The Bertz CT molecular complexity index is 490. The van der Waals surface area contributed by atoms with Crippen molar-refractivity contribution in [3.63, 3.8) is 0 Å². The highest BCUT2D eigenvalue weighted by atomic mass is 16.4. The van der Waals surface area contributed by atoms with Crippen LogP contribution in [-0.2, 0) is 11.8 Å². The average molecular weight is 293 g/mol. The molecule has 2 rings (SSSR count). The van der Waals surface area contributed by atoms with Crippen LogP contribution in [0.25, 0.3) is 0 Å². The number of aliphatic carboxylic acids is 1. The summed E-state index contributed by atoms with van der Waals surface area (Å²) in [5, 5.41) is 16.1. The second kappa shape index (κ2) is 7.24. The smallest absolute Gasteiger partial charge is 0.326 e. The van der Waals surface area contributed by atoms with Gasteiger partial charge in [0.25, 0.3) is 5.91 Å². The summed E-state index contributed by atoms with van der Waals surface area (Å²) in [7, 11) is 1.67. The molecule has 0 radical (unpaired) electrons. The number of rotatable bonds is 4. The molecule has 0 saturated heterocycles. The molecule has 0 aliphatic heterocycles. The normalized spacial score (nSPS) is 18.5. The number of carboxylic acids is 1. The second-order valence-electron chi connectivity index (χ2n) is 5.73. The van der Waals surface area contributed by atoms with Gasteiger partial charge >= 0.3 is 5.97 Å². The number of aromatic nitrogens is 2. The van der Waals surface area contributed by atoms with Crippen LogP contribution < -0.4 is 5.32 Å². The molecule has 1 aliphatic rings. The summed E-state index contributed by atoms with van der Waals surface area (Å²) in [4.78, 5) is 23.8. The molecule has 116 valence electrons. The third kappa shape index (κ3) is 4.06. The number of carbonyl (C=O) groups is 2. The van der Waals surface area contributed by atoms with Crippen molar-refractivity contribution in [2.75, 3.05) is 0 Å². The molecule has 1 fully saturated rings. The number of aryl methyl sites for hydroxylation is 1. The van der Waals surface area contributed by atoms with E-state index in [1.165, 1.54) is 17.3 Å². The molecule has 1 atom stereocenters. The van der Waals surface area contributed by atoms with Gasteiger partial charge in [0.2, 0.25) is 0 Å². The molecule has 1 aromatic heterocycles. The van der Waals surface area contributed by atoms with Crippen LogP contribution >= 0.6 is 0 Å². The first kappa shape index (κ1) is 15.5. The number of nitrogens with one attached hydrogen (secondary N) is 1. The van der Waals surface area contributed by atoms with Gasteiger partial charge in [-0.05, 0) is 24.8 Å². The van der Waals surface area contributed by atoms with Crippen LogP contribution in [0.3, 0.4) is 0 Å². The summed E-state index contributed by atoms with van der Waals surface area (Å²) in [6.45, 7) is 0. The fourth-order valence-electron chi connectivity index (χ4n) is 3.01. The van der Waals surface area contributed by atoms with Gasteiger partial charge in [-0.3, -0.25) is 9.48 Å². The predicted molar refractivity (Wildman–Crippen MR) is 77.9 cm³/mol. The molecule has 0 spiro atoms. The summed E-state index contributed by atoms with van der Waals surface area (Å²) in [6, 6.07) is 0.775. The van der Waals surface area contributed by atoms with Crippen LogP contribution in [-0.4, -0.2) is 32.8 Å². The molecule has 1 saturated carbocycles. The molecule has 2 N–H and O–H groups in total. The standard InChI is InChI=1S/C15H23N3O3/c1-18-12(9-10-16-18)14(19)17-13(15(20)21)11-7-5-3-2-4-6-8-11/h9-11,13H,2-8H2,1H3,(H,17,19)(H,20,21). The number of hydrogen-bond acceptors (Lipinski definition) is 3. The lowest BCUT2D eigenvalue weighted by Gasteiger charge is -2.26. The van der Waals surface area contributed by atoms with Crippen LogP contribution in [0.15, 0.2) is 12.3 Å². The zero-order chi connectivity index (χ0) is 15.2. The van der Waals surface area contributed by atoms with Crippen molar-refractivity contribution in [2.24, 2.45) is 13.0 Å². The fourth-order valence-corrected chi connectivity index (χ4v) is 3.01. The monoisotopic (exact) mass is 293 g/mol. The summed E-state index contributed by atoms with van der Waals surface area (Å²) in [6.07, 6.45) is 8.86. The molecule has 0 bridgehead atoms. The second-order valence-corrected chi connectivity index (χ2v) is 5.73. The van der Waals surface area contributed by atoms with E-state index in [1.54, 1.807) is 13.1 Å². The Balaban J connectivity index is 2.06. The molecular weight excluding hydrogens is 270 g/mol. The van der Waals surface area contributed by atoms with E-state index in [0.717, 1.165) is 38.5 Å². The van der Waals surface area contributed by atoms with Gasteiger partial charge in [0.15, 0.2) is 0 Å². The number of amides is 1. The Kier molecular flexibility index (Phi) is 5.36. The van der Waals surface area contributed by atoms with Crippen molar-refractivity contribution >= 4 is 11.9 Å². The van der Waals surface area contributed by atoms with E-state index >= 15 is 0 Å². The molecule has 6 heteroatoms. The van der Waals surface area contributed by atoms with E-state index in [2.05, 4.69) is 10.4 Å². The summed E-state index contributed by atoms with van der Waals surface area (Å²) in [5.74, 6) is -1.31. The van der Waals surface area contributed by atoms with Crippen LogP contribution in [0.4, 0.5) is 0 Å². The highest BCUT2D eigenvalue weighted by Crippen LogP contribution is 2.25. The Labute approximate surface area is 124 Å². The SMILES string of the molecule is Cn1nccc1C(=O)NC(C(=O)O)C1CCCCCCC1. The number of carboxylic acid groups (broad SMARTS) is 1. The molecule has 1 aliphatic carbocycles. The molecule has 1 amide bonds. The van der Waals surface area contributed by atoms with Gasteiger partial charge in [0, 0.05) is 13.2 Å². The number of nitrogens with zero attached hydrogens (tertiary/aromatic N) is 2. The molecular formula is C15H23N3O3. The predicted octanol–water partition coefficient (Wildman–Crippen LogP) is 1.96. The quantitative estimate of drug-likeness (QED) is 0.889. The number of hydrogen-bond donors (Lipinski definition) is 2. The Morgan fingerprint density at radius 1 is 1.29 bits per heavy atom. The van der Waals surface area contributed by atoms with Crippen LogP contribution in [0.2, 0.25) is 0 Å². The van der Waals surface area contributed by atoms with Gasteiger partial charge < -0.3 is 10.4 Å². The molecule has 1 unspecified atom stereocenters.